The standard InChI is InChI=1S/C8H16N2O2.ClH/c1-2-12-8(11)10-5-3-4-7(9)6-10;/h7H,2-6,9H2,1H3;1H. The second-order valence-corrected chi connectivity index (χ2v) is 3.05. The topological polar surface area (TPSA) is 55.6 Å². The Morgan fingerprint density at radius 1 is 1.69 bits per heavy atom. The molecule has 0 aromatic heterocycles. The number of likely N-dealkylation sites (tertiary alicyclic amines) is 1. The normalized spacial score (nSPS) is 22.0. The van der Waals surface area contributed by atoms with Crippen LogP contribution in [0.3, 0.4) is 0 Å². The zero-order valence-corrected chi connectivity index (χ0v) is 8.68. The molecule has 4 nitrogen and oxygen atoms in total. The highest BCUT2D eigenvalue weighted by Crippen LogP contribution is 2.08. The van der Waals surface area contributed by atoms with Crippen LogP contribution >= 0.6 is 12.4 Å². The van der Waals surface area contributed by atoms with Gasteiger partial charge in [0.2, 0.25) is 0 Å². The fourth-order valence-electron chi connectivity index (χ4n) is 1.39. The number of carbonyl (C=O) groups is 1. The van der Waals surface area contributed by atoms with Crippen molar-refractivity contribution in [3.8, 4) is 0 Å². The largest absolute Gasteiger partial charge is 0.450 e. The smallest absolute Gasteiger partial charge is 0.409 e. The van der Waals surface area contributed by atoms with Crippen LogP contribution in [0.1, 0.15) is 19.8 Å². The Kier molecular flexibility index (Phi) is 5.82. The molecule has 78 valence electrons. The molecule has 1 atom stereocenters. The summed E-state index contributed by atoms with van der Waals surface area (Å²) in [6.07, 6.45) is 1.77. The van der Waals surface area contributed by atoms with Gasteiger partial charge in [0.1, 0.15) is 0 Å². The lowest BCUT2D eigenvalue weighted by atomic mass is 10.1. The van der Waals surface area contributed by atoms with Crippen LogP contribution in [0, 0.1) is 0 Å². The third-order valence-electron chi connectivity index (χ3n) is 1.98. The van der Waals surface area contributed by atoms with Gasteiger partial charge in [0.05, 0.1) is 6.61 Å². The SMILES string of the molecule is CCOC(=O)N1CCCC(N)C1.Cl. The minimum absolute atomic E-state index is 0. The number of halogens is 1. The van der Waals surface area contributed by atoms with Gasteiger partial charge < -0.3 is 15.4 Å². The van der Waals surface area contributed by atoms with Crippen LogP contribution < -0.4 is 5.73 Å². The molecule has 1 amide bonds. The van der Waals surface area contributed by atoms with E-state index in [-0.39, 0.29) is 24.5 Å². The van der Waals surface area contributed by atoms with E-state index in [2.05, 4.69) is 0 Å². The van der Waals surface area contributed by atoms with Crippen LogP contribution in [-0.2, 0) is 4.74 Å². The third kappa shape index (κ3) is 3.83. The van der Waals surface area contributed by atoms with Gasteiger partial charge in [-0.25, -0.2) is 4.79 Å². The highest BCUT2D eigenvalue weighted by molar-refractivity contribution is 5.85. The fraction of sp³-hybridized carbons (Fsp3) is 0.875. The Balaban J connectivity index is 0.00000144. The Labute approximate surface area is 84.8 Å². The first-order valence-electron chi connectivity index (χ1n) is 4.41. The number of piperidine rings is 1. The maximum absolute atomic E-state index is 11.2. The number of carbonyl (C=O) groups excluding carboxylic acids is 1. The Bertz CT molecular complexity index is 166. The quantitative estimate of drug-likeness (QED) is 0.699. The highest BCUT2D eigenvalue weighted by atomic mass is 35.5. The first-order chi connectivity index (χ1) is 5.74. The van der Waals surface area contributed by atoms with E-state index in [0.29, 0.717) is 13.2 Å². The minimum Gasteiger partial charge on any atom is -0.450 e. The number of hydrogen-bond donors (Lipinski definition) is 1. The molecule has 1 rings (SSSR count). The molecule has 2 N–H and O–H groups in total. The van der Waals surface area contributed by atoms with Crippen LogP contribution in [0.2, 0.25) is 0 Å². The second kappa shape index (κ2) is 6.05. The molecule has 0 aliphatic carbocycles. The van der Waals surface area contributed by atoms with Gasteiger partial charge >= 0.3 is 6.09 Å². The Morgan fingerprint density at radius 3 is 2.92 bits per heavy atom. The van der Waals surface area contributed by atoms with Crippen molar-refractivity contribution in [1.29, 1.82) is 0 Å². The van der Waals surface area contributed by atoms with Gasteiger partial charge in [0, 0.05) is 19.1 Å². The lowest BCUT2D eigenvalue weighted by molar-refractivity contribution is 0.0962. The average molecular weight is 209 g/mol. The lowest BCUT2D eigenvalue weighted by Gasteiger charge is -2.29. The minimum atomic E-state index is -0.229. The molecule has 1 saturated heterocycles. The van der Waals surface area contributed by atoms with E-state index in [9.17, 15) is 4.79 Å². The number of nitrogens with two attached hydrogens (primary N) is 1. The van der Waals surface area contributed by atoms with Gasteiger partial charge in [-0.15, -0.1) is 12.4 Å². The molecule has 0 spiro atoms. The van der Waals surface area contributed by atoms with E-state index in [1.165, 1.54) is 0 Å². The van der Waals surface area contributed by atoms with Gasteiger partial charge in [0.15, 0.2) is 0 Å². The molecular formula is C8H17ClN2O2. The van der Waals surface area contributed by atoms with Crippen molar-refractivity contribution in [2.75, 3.05) is 19.7 Å². The summed E-state index contributed by atoms with van der Waals surface area (Å²) >= 11 is 0. The van der Waals surface area contributed by atoms with Gasteiger partial charge in [-0.05, 0) is 19.8 Å². The summed E-state index contributed by atoms with van der Waals surface area (Å²) in [4.78, 5) is 12.9. The van der Waals surface area contributed by atoms with Gasteiger partial charge in [-0.2, -0.15) is 0 Å². The average Bonchev–Trinajstić information content (AvgIpc) is 2.05. The van der Waals surface area contributed by atoms with Crippen molar-refractivity contribution in [2.24, 2.45) is 5.73 Å². The summed E-state index contributed by atoms with van der Waals surface area (Å²) in [6, 6.07) is 0.128. The van der Waals surface area contributed by atoms with Gasteiger partial charge in [-0.3, -0.25) is 0 Å². The van der Waals surface area contributed by atoms with Crippen molar-refractivity contribution < 1.29 is 9.53 Å². The van der Waals surface area contributed by atoms with E-state index in [1.807, 2.05) is 6.92 Å². The molecule has 5 heteroatoms. The first-order valence-corrected chi connectivity index (χ1v) is 4.41. The summed E-state index contributed by atoms with van der Waals surface area (Å²) in [7, 11) is 0. The van der Waals surface area contributed by atoms with Crippen LogP contribution in [0.25, 0.3) is 0 Å². The number of hydrogen-bond acceptors (Lipinski definition) is 3. The molecule has 1 aliphatic heterocycles. The number of nitrogens with zero attached hydrogens (tertiary/aromatic N) is 1. The third-order valence-corrected chi connectivity index (χ3v) is 1.98. The van der Waals surface area contributed by atoms with E-state index >= 15 is 0 Å². The van der Waals surface area contributed by atoms with Gasteiger partial charge in [-0.1, -0.05) is 0 Å². The maximum atomic E-state index is 11.2. The predicted octanol–water partition coefficient (Wildman–Crippen LogP) is 0.988. The second-order valence-electron chi connectivity index (χ2n) is 3.05. The number of rotatable bonds is 1. The van der Waals surface area contributed by atoms with Crippen molar-refractivity contribution >= 4 is 18.5 Å². The molecule has 1 unspecified atom stereocenters. The van der Waals surface area contributed by atoms with Crippen molar-refractivity contribution in [3.63, 3.8) is 0 Å². The molecule has 0 aromatic rings. The summed E-state index contributed by atoms with van der Waals surface area (Å²) in [5, 5.41) is 0. The molecule has 1 fully saturated rings. The first kappa shape index (κ1) is 12.5. The fourth-order valence-corrected chi connectivity index (χ4v) is 1.39. The van der Waals surface area contributed by atoms with E-state index in [4.69, 9.17) is 10.5 Å². The molecule has 0 aromatic carbocycles. The summed E-state index contributed by atoms with van der Waals surface area (Å²) in [5.74, 6) is 0. The van der Waals surface area contributed by atoms with Crippen molar-refractivity contribution in [2.45, 2.75) is 25.8 Å². The molecular weight excluding hydrogens is 192 g/mol. The summed E-state index contributed by atoms with van der Waals surface area (Å²) in [6.45, 7) is 3.66. The zero-order valence-electron chi connectivity index (χ0n) is 7.86. The van der Waals surface area contributed by atoms with Crippen molar-refractivity contribution in [3.05, 3.63) is 0 Å². The molecule has 0 bridgehead atoms. The maximum Gasteiger partial charge on any atom is 0.409 e. The molecule has 13 heavy (non-hydrogen) atoms. The Hall–Kier alpha value is -0.480. The van der Waals surface area contributed by atoms with Crippen LogP contribution in [0.15, 0.2) is 0 Å². The van der Waals surface area contributed by atoms with E-state index in [1.54, 1.807) is 4.90 Å². The lowest BCUT2D eigenvalue weighted by Crippen LogP contribution is -2.45. The monoisotopic (exact) mass is 208 g/mol. The predicted molar refractivity (Wildman–Crippen MR) is 53.1 cm³/mol. The van der Waals surface area contributed by atoms with Crippen molar-refractivity contribution in [1.82, 2.24) is 4.90 Å². The van der Waals surface area contributed by atoms with E-state index < -0.39 is 0 Å². The zero-order chi connectivity index (χ0) is 8.97. The van der Waals surface area contributed by atoms with E-state index in [0.717, 1.165) is 19.4 Å². The molecule has 1 heterocycles. The van der Waals surface area contributed by atoms with Crippen LogP contribution in [0.5, 0.6) is 0 Å². The number of amides is 1. The Morgan fingerprint density at radius 2 is 2.38 bits per heavy atom. The summed E-state index contributed by atoms with van der Waals surface area (Å²) < 4.78 is 4.86. The molecule has 0 saturated carbocycles. The van der Waals surface area contributed by atoms with Crippen LogP contribution in [0.4, 0.5) is 4.79 Å². The van der Waals surface area contributed by atoms with Crippen LogP contribution in [-0.4, -0.2) is 36.7 Å². The van der Waals surface area contributed by atoms with Gasteiger partial charge in [0.25, 0.3) is 0 Å². The highest BCUT2D eigenvalue weighted by Gasteiger charge is 2.21. The molecule has 1 aliphatic rings. The summed E-state index contributed by atoms with van der Waals surface area (Å²) in [5.41, 5.74) is 5.71. The number of ether oxygens (including phenoxy) is 1. The molecule has 0 radical (unpaired) electrons.